The van der Waals surface area contributed by atoms with Crippen LogP contribution in [-0.2, 0) is 35.1 Å². The average molecular weight is 887 g/mol. The molecule has 0 fully saturated rings. The van der Waals surface area contributed by atoms with Gasteiger partial charge in [-0.2, -0.15) is 5.20 Å². The predicted octanol–water partition coefficient (Wildman–Crippen LogP) is 8.24. The monoisotopic (exact) mass is 884 g/mol. The number of hydrogen-bond donors (Lipinski definition) is 0. The van der Waals surface area contributed by atoms with Crippen molar-refractivity contribution in [1.82, 2.24) is 0 Å². The van der Waals surface area contributed by atoms with Crippen LogP contribution in [-0.4, -0.2) is 27.4 Å². The zero-order chi connectivity index (χ0) is 38.9. The summed E-state index contributed by atoms with van der Waals surface area (Å²) in [6.07, 6.45) is 6.12. The van der Waals surface area contributed by atoms with E-state index in [1.807, 2.05) is 5.20 Å². The first kappa shape index (κ1) is 48.4. The molecule has 0 saturated carbocycles. The van der Waals surface area contributed by atoms with E-state index in [0.29, 0.717) is 5.54 Å². The first-order chi connectivity index (χ1) is 23.9. The summed E-state index contributed by atoms with van der Waals surface area (Å²) in [4.78, 5) is 0. The molecule has 0 heterocycles. The summed E-state index contributed by atoms with van der Waals surface area (Å²) in [5.41, 5.74) is 6.56. The summed E-state index contributed by atoms with van der Waals surface area (Å²) in [5.74, 6) is 0. The molecule has 1 atom stereocenters. The fraction of sp³-hybridized carbons (Fsp3) is 0.375. The predicted molar refractivity (Wildman–Crippen MR) is 239 cm³/mol. The molecule has 0 radical (unpaired) electrons. The van der Waals surface area contributed by atoms with Gasteiger partial charge in [0.25, 0.3) is 0 Å². The van der Waals surface area contributed by atoms with Crippen molar-refractivity contribution in [1.29, 1.82) is 0 Å². The van der Waals surface area contributed by atoms with Gasteiger partial charge >= 0.3 is 99.2 Å². The van der Waals surface area contributed by atoms with Crippen molar-refractivity contribution in [2.45, 2.75) is 117 Å². The molecule has 0 amide bonds. The molecule has 0 saturated heterocycles. The number of fused-ring (bicyclic) bond motifs is 3. The number of hydrogen-bond acceptors (Lipinski definition) is 0. The Morgan fingerprint density at radius 2 is 0.963 bits per heavy atom. The molecule has 1 aliphatic carbocycles. The normalized spacial score (nSPS) is 14.8. The van der Waals surface area contributed by atoms with Gasteiger partial charge in [0.15, 0.2) is 0 Å². The standard InChI is InChI=1S/C21H25.C14H29Si3.C13H10.2ClH.Zr/c1-20(2,3)16-7-9-18-14(12-16)11-15-13-17(21(4,5)6)8-10-19(15)18;1-15(2,3)12-10-11-13(16(4,5)6)14(12)17(7,8)9;1-3-7-12(8-4-1)11-13-9-5-2-6-10-13;;;/h7-13H,1-6H3;10,13H,1-9H3;1-10H;2*1H;/q2*-1;;;;+2/p-2. The van der Waals surface area contributed by atoms with E-state index in [1.54, 1.807) is 5.20 Å². The van der Waals surface area contributed by atoms with Crippen molar-refractivity contribution >= 4 is 49.0 Å². The quantitative estimate of drug-likeness (QED) is 0.123. The van der Waals surface area contributed by atoms with Crippen LogP contribution >= 0.6 is 0 Å². The molecule has 0 aliphatic heterocycles. The van der Waals surface area contributed by atoms with E-state index in [1.165, 1.54) is 71.2 Å². The van der Waals surface area contributed by atoms with E-state index in [9.17, 15) is 0 Å². The minimum atomic E-state index is -1.21. The Hall–Kier alpha value is -1.79. The van der Waals surface area contributed by atoms with Gasteiger partial charge < -0.3 is 24.8 Å². The van der Waals surface area contributed by atoms with E-state index in [2.05, 4.69) is 216 Å². The third kappa shape index (κ3) is 12.4. The third-order valence-electron chi connectivity index (χ3n) is 10.0. The van der Waals surface area contributed by atoms with Crippen molar-refractivity contribution in [3.8, 4) is 0 Å². The zero-order valence-corrected chi connectivity index (χ0v) is 42.7. The fourth-order valence-electron chi connectivity index (χ4n) is 6.96. The van der Waals surface area contributed by atoms with Crippen LogP contribution in [0.4, 0.5) is 0 Å². The Labute approximate surface area is 359 Å². The van der Waals surface area contributed by atoms with Crippen LogP contribution in [0.2, 0.25) is 64.5 Å². The van der Waals surface area contributed by atoms with Crippen molar-refractivity contribution in [3.63, 3.8) is 0 Å². The third-order valence-corrected chi connectivity index (χ3v) is 18.4. The van der Waals surface area contributed by atoms with Crippen molar-refractivity contribution in [2.75, 3.05) is 0 Å². The molecule has 0 spiro atoms. The number of benzene rings is 4. The summed E-state index contributed by atoms with van der Waals surface area (Å²) in [7, 11) is -3.57. The van der Waals surface area contributed by atoms with Gasteiger partial charge in [-0.3, -0.25) is 6.08 Å². The second-order valence-corrected chi connectivity index (χ2v) is 36.4. The van der Waals surface area contributed by atoms with Gasteiger partial charge in [0.05, 0.1) is 8.07 Å². The van der Waals surface area contributed by atoms with Gasteiger partial charge in [0.1, 0.15) is 0 Å². The van der Waals surface area contributed by atoms with Crippen LogP contribution in [0.15, 0.2) is 120 Å². The van der Waals surface area contributed by atoms with Gasteiger partial charge in [0.2, 0.25) is 0 Å². The molecule has 6 rings (SSSR count). The molecule has 0 bridgehead atoms. The van der Waals surface area contributed by atoms with Gasteiger partial charge in [-0.15, -0.1) is 45.3 Å². The summed E-state index contributed by atoms with van der Waals surface area (Å²) < 4.78 is 1.42. The SMILES string of the molecule is CC(C)(C)c1ccc2c(c1)[cH-]c1cc(C(C)(C)C)ccc12.C[Si](C)(C)C1=C([Si](C)(C)C)C([Si](C)(C)C)[C-]=C1.[Cl-].[Cl-].[Zr+2]=[C](c1ccccc1)c1ccccc1. The summed E-state index contributed by atoms with van der Waals surface area (Å²) in [6, 6.07) is 37.3. The van der Waals surface area contributed by atoms with Crippen LogP contribution in [0, 0.1) is 6.08 Å². The van der Waals surface area contributed by atoms with Crippen LogP contribution in [0.5, 0.6) is 0 Å². The van der Waals surface area contributed by atoms with E-state index in [0.717, 1.165) is 0 Å². The van der Waals surface area contributed by atoms with Crippen LogP contribution in [0.25, 0.3) is 21.5 Å². The molecule has 0 aromatic heterocycles. The summed E-state index contributed by atoms with van der Waals surface area (Å²) >= 11 is 1.46. The van der Waals surface area contributed by atoms with Crippen LogP contribution in [0.3, 0.4) is 0 Å². The summed E-state index contributed by atoms with van der Waals surface area (Å²) in [6.45, 7) is 36.1. The molecular weight excluding hydrogens is 823 g/mol. The molecule has 0 nitrogen and oxygen atoms in total. The maximum atomic E-state index is 3.74. The first-order valence-electron chi connectivity index (χ1n) is 19.1. The maximum absolute atomic E-state index is 3.74. The van der Waals surface area contributed by atoms with Crippen molar-refractivity contribution in [3.05, 3.63) is 148 Å². The topological polar surface area (TPSA) is 0 Å². The van der Waals surface area contributed by atoms with E-state index in [4.69, 9.17) is 0 Å². The first-order valence-corrected chi connectivity index (χ1v) is 30.9. The van der Waals surface area contributed by atoms with Gasteiger partial charge in [0, 0.05) is 8.07 Å². The molecule has 1 aliphatic rings. The molecule has 1 unspecified atom stereocenters. The zero-order valence-electron chi connectivity index (χ0n) is 35.7. The number of rotatable bonds is 5. The molecule has 54 heavy (non-hydrogen) atoms. The Kier molecular flexibility index (Phi) is 16.7. The Morgan fingerprint density at radius 3 is 1.28 bits per heavy atom. The fourth-order valence-corrected chi connectivity index (χ4v) is 17.7. The van der Waals surface area contributed by atoms with Crippen LogP contribution in [0.1, 0.15) is 63.8 Å². The second kappa shape index (κ2) is 18.6. The van der Waals surface area contributed by atoms with E-state index in [-0.39, 0.29) is 35.6 Å². The molecule has 5 aromatic rings. The summed E-state index contributed by atoms with van der Waals surface area (Å²) in [5, 5.41) is 9.05. The Bertz CT molecular complexity index is 1950. The van der Waals surface area contributed by atoms with Crippen LogP contribution < -0.4 is 24.8 Å². The average Bonchev–Trinajstić information content (AvgIpc) is 3.68. The molecular formula is C48H64Cl2Si3Zr-2. The van der Waals surface area contributed by atoms with E-state index >= 15 is 0 Å². The van der Waals surface area contributed by atoms with Gasteiger partial charge in [-0.05, 0) is 18.9 Å². The number of allylic oxidation sites excluding steroid dienone is 4. The number of halogens is 2. The Balaban J connectivity index is 0.000000281. The second-order valence-electron chi connectivity index (χ2n) is 19.8. The van der Waals surface area contributed by atoms with Gasteiger partial charge in [-0.1, -0.05) is 136 Å². The van der Waals surface area contributed by atoms with Crippen molar-refractivity contribution < 1.29 is 49.0 Å². The van der Waals surface area contributed by atoms with E-state index < -0.39 is 24.2 Å². The molecule has 6 heteroatoms. The Morgan fingerprint density at radius 1 is 0.574 bits per heavy atom. The molecule has 5 aromatic carbocycles. The molecule has 0 N–H and O–H groups in total. The van der Waals surface area contributed by atoms with Gasteiger partial charge in [-0.25, -0.2) is 11.3 Å². The minimum absolute atomic E-state index is 0. The van der Waals surface area contributed by atoms with Crippen molar-refractivity contribution in [2.24, 2.45) is 0 Å². The molecule has 288 valence electrons.